The quantitative estimate of drug-likeness (QED) is 0.0737. The smallest absolute Gasteiger partial charge is 0.418 e. The van der Waals surface area contributed by atoms with E-state index in [-0.39, 0.29) is 5.56 Å². The fraction of sp³-hybridized carbons (Fsp3) is 0.289. The summed E-state index contributed by atoms with van der Waals surface area (Å²) in [5.41, 5.74) is 1.60. The predicted octanol–water partition coefficient (Wildman–Crippen LogP) is 8.78. The zero-order chi connectivity index (χ0) is 43.7. The Morgan fingerprint density at radius 1 is 0.885 bits per heavy atom. The van der Waals surface area contributed by atoms with E-state index in [1.165, 1.54) is 29.5 Å². The zero-order valence-corrected chi connectivity index (χ0v) is 36.3. The van der Waals surface area contributed by atoms with Gasteiger partial charge in [0.25, 0.3) is 15.9 Å². The summed E-state index contributed by atoms with van der Waals surface area (Å²) in [6, 6.07) is 32.3. The van der Waals surface area contributed by atoms with Gasteiger partial charge in [0.2, 0.25) is 0 Å². The van der Waals surface area contributed by atoms with Crippen molar-refractivity contribution in [3.05, 3.63) is 143 Å². The highest BCUT2D eigenvalue weighted by atomic mass is 35.5. The Morgan fingerprint density at radius 3 is 2.18 bits per heavy atom. The van der Waals surface area contributed by atoms with E-state index >= 15 is 0 Å². The van der Waals surface area contributed by atoms with E-state index in [1.807, 2.05) is 90.4 Å². The summed E-state index contributed by atoms with van der Waals surface area (Å²) in [5, 5.41) is 3.58. The Kier molecular flexibility index (Phi) is 15.1. The first kappa shape index (κ1) is 45.5. The minimum Gasteiger partial charge on any atom is -0.465 e. The van der Waals surface area contributed by atoms with Crippen LogP contribution in [0.25, 0.3) is 11.1 Å². The molecule has 5 aromatic carbocycles. The number of carbonyl (C=O) groups is 2. The largest absolute Gasteiger partial charge is 0.465 e. The Morgan fingerprint density at radius 2 is 1.54 bits per heavy atom. The van der Waals surface area contributed by atoms with Crippen molar-refractivity contribution < 1.29 is 35.9 Å². The highest BCUT2D eigenvalue weighted by Crippen LogP contribution is 2.40. The van der Waals surface area contributed by atoms with Gasteiger partial charge < -0.3 is 19.9 Å². The molecule has 1 aliphatic heterocycles. The molecule has 0 unspecified atom stereocenters. The van der Waals surface area contributed by atoms with Crippen LogP contribution in [0.5, 0.6) is 0 Å². The van der Waals surface area contributed by atoms with Crippen molar-refractivity contribution in [2.24, 2.45) is 0 Å². The molecule has 0 aromatic heterocycles. The molecule has 1 fully saturated rings. The number of nitrogens with zero attached hydrogens (tertiary/aromatic N) is 3. The second kappa shape index (κ2) is 20.2. The van der Waals surface area contributed by atoms with Gasteiger partial charge in [-0.3, -0.25) is 9.69 Å². The molecule has 5 aromatic rings. The molecule has 0 saturated carbocycles. The number of benzene rings is 5. The van der Waals surface area contributed by atoms with Gasteiger partial charge in [0.15, 0.2) is 0 Å². The van der Waals surface area contributed by atoms with Gasteiger partial charge in [-0.25, -0.2) is 17.9 Å². The van der Waals surface area contributed by atoms with Crippen LogP contribution in [-0.4, -0.2) is 95.8 Å². The van der Waals surface area contributed by atoms with Crippen molar-refractivity contribution in [2.45, 2.75) is 35.0 Å². The fourth-order valence-electron chi connectivity index (χ4n) is 6.99. The predicted molar refractivity (Wildman–Crippen MR) is 236 cm³/mol. The van der Waals surface area contributed by atoms with Gasteiger partial charge >= 0.3 is 12.1 Å². The van der Waals surface area contributed by atoms with Gasteiger partial charge in [-0.2, -0.15) is 13.2 Å². The lowest BCUT2D eigenvalue weighted by Crippen LogP contribution is -2.46. The maximum absolute atomic E-state index is 14.8. The summed E-state index contributed by atoms with van der Waals surface area (Å²) >= 11 is 7.53. The molecule has 0 radical (unpaired) electrons. The first-order valence-corrected chi connectivity index (χ1v) is 22.4. The van der Waals surface area contributed by atoms with E-state index in [0.717, 1.165) is 54.5 Å². The molecule has 1 saturated heterocycles. The fourth-order valence-corrected chi connectivity index (χ4v) is 9.13. The number of rotatable bonds is 16. The van der Waals surface area contributed by atoms with Crippen LogP contribution in [0.15, 0.2) is 125 Å². The lowest BCUT2D eigenvalue weighted by atomic mass is 9.99. The molecule has 0 spiro atoms. The van der Waals surface area contributed by atoms with Crippen molar-refractivity contribution in [3.63, 3.8) is 0 Å². The SMILES string of the molecule is COC(=O)c1cc(S(=O)(=O)NC(=O)c2ccc(N3CCN(Cc4ccccc4-c4ccc(Cl)cc4)CC3)cc2)cc(C(F)(F)F)c1N[C@H](CCN(C)C)CSc1ccccc1. The Labute approximate surface area is 364 Å². The number of ether oxygens (including phenoxy) is 1. The number of anilines is 2. The molecule has 0 aliphatic carbocycles. The number of thioether (sulfide) groups is 1. The van der Waals surface area contributed by atoms with Crippen LogP contribution < -0.4 is 14.9 Å². The number of esters is 1. The minimum absolute atomic E-state index is 0.0214. The first-order chi connectivity index (χ1) is 29.1. The molecule has 61 heavy (non-hydrogen) atoms. The molecule has 322 valence electrons. The second-order valence-corrected chi connectivity index (χ2v) is 18.1. The van der Waals surface area contributed by atoms with Crippen LogP contribution >= 0.6 is 23.4 Å². The number of halogens is 4. The van der Waals surface area contributed by atoms with Crippen molar-refractivity contribution in [2.75, 3.05) is 69.9 Å². The van der Waals surface area contributed by atoms with Crippen LogP contribution in [0.3, 0.4) is 0 Å². The van der Waals surface area contributed by atoms with Crippen LogP contribution in [0.1, 0.15) is 38.3 Å². The van der Waals surface area contributed by atoms with Crippen molar-refractivity contribution in [1.82, 2.24) is 14.5 Å². The van der Waals surface area contributed by atoms with Crippen LogP contribution in [0, 0.1) is 0 Å². The Balaban J connectivity index is 1.15. The maximum atomic E-state index is 14.8. The van der Waals surface area contributed by atoms with E-state index in [2.05, 4.69) is 27.2 Å². The summed E-state index contributed by atoms with van der Waals surface area (Å²) in [4.78, 5) is 32.8. The van der Waals surface area contributed by atoms with Crippen molar-refractivity contribution >= 4 is 56.6 Å². The molecule has 0 bridgehead atoms. The number of nitrogens with one attached hydrogen (secondary N) is 2. The summed E-state index contributed by atoms with van der Waals surface area (Å²) in [6.07, 6.45) is -4.70. The molecular formula is C45H47ClF3N5O5S2. The van der Waals surface area contributed by atoms with Crippen molar-refractivity contribution in [3.8, 4) is 11.1 Å². The summed E-state index contributed by atoms with van der Waals surface area (Å²) in [5.74, 6) is -1.90. The third-order valence-electron chi connectivity index (χ3n) is 10.3. The summed E-state index contributed by atoms with van der Waals surface area (Å²) < 4.78 is 78.4. The first-order valence-electron chi connectivity index (χ1n) is 19.5. The highest BCUT2D eigenvalue weighted by molar-refractivity contribution is 7.99. The van der Waals surface area contributed by atoms with Crippen LogP contribution in [-0.2, 0) is 27.5 Å². The second-order valence-electron chi connectivity index (χ2n) is 14.8. The standard InChI is InChI=1S/C45H47ClF3N5O5S2/c1-52(2)22-21-35(30-60-37-10-5-4-6-11-37)50-42-40(44(56)59-3)27-38(28-41(42)45(47,48)49)61(57,58)51-43(55)32-15-19-36(20-16-32)54-25-23-53(24-26-54)29-33-9-7-8-12-39(33)31-13-17-34(46)18-14-31/h4-20,27-28,35,50H,21-26,29-30H2,1-3H3,(H,51,55)/t35-/m1/s1. The lowest BCUT2D eigenvalue weighted by molar-refractivity contribution is -0.137. The molecule has 1 aliphatic rings. The van der Waals surface area contributed by atoms with Gasteiger partial charge in [-0.05, 0) is 104 Å². The third-order valence-corrected chi connectivity index (χ3v) is 13.0. The lowest BCUT2D eigenvalue weighted by Gasteiger charge is -2.36. The van der Waals surface area contributed by atoms with E-state index in [1.54, 1.807) is 12.1 Å². The number of alkyl halides is 3. The number of amides is 1. The van der Waals surface area contributed by atoms with Gasteiger partial charge in [-0.1, -0.05) is 66.2 Å². The molecular weight excluding hydrogens is 847 g/mol. The third kappa shape index (κ3) is 12.1. The van der Waals surface area contributed by atoms with E-state index in [9.17, 15) is 31.2 Å². The average Bonchev–Trinajstić information content (AvgIpc) is 3.25. The molecule has 2 N–H and O–H groups in total. The summed E-state index contributed by atoms with van der Waals surface area (Å²) in [6.45, 7) is 4.25. The number of carbonyl (C=O) groups excluding carboxylic acids is 2. The summed E-state index contributed by atoms with van der Waals surface area (Å²) in [7, 11) is -0.266. The molecule has 1 atom stereocenters. The highest BCUT2D eigenvalue weighted by Gasteiger charge is 2.39. The van der Waals surface area contributed by atoms with E-state index in [4.69, 9.17) is 16.3 Å². The van der Waals surface area contributed by atoms with Gasteiger partial charge in [0.1, 0.15) is 0 Å². The minimum atomic E-state index is -5.09. The number of hydrogen-bond acceptors (Lipinski definition) is 10. The molecule has 1 amide bonds. The molecule has 10 nitrogen and oxygen atoms in total. The number of methoxy groups -OCH3 is 1. The van der Waals surface area contributed by atoms with Gasteiger partial charge in [0, 0.05) is 65.7 Å². The van der Waals surface area contributed by atoms with Crippen LogP contribution in [0.2, 0.25) is 5.02 Å². The topological polar surface area (TPSA) is 111 Å². The van der Waals surface area contributed by atoms with E-state index in [0.29, 0.717) is 42.9 Å². The van der Waals surface area contributed by atoms with E-state index < -0.39 is 55.8 Å². The number of hydrogen-bond donors (Lipinski definition) is 2. The van der Waals surface area contributed by atoms with Crippen LogP contribution in [0.4, 0.5) is 24.5 Å². The zero-order valence-electron chi connectivity index (χ0n) is 33.9. The molecule has 1 heterocycles. The molecule has 16 heteroatoms. The molecule has 6 rings (SSSR count). The normalized spacial score (nSPS) is 14.1. The number of piperazine rings is 1. The monoisotopic (exact) mass is 893 g/mol. The Bertz CT molecular complexity index is 2400. The van der Waals surface area contributed by atoms with Gasteiger partial charge in [0.05, 0.1) is 28.8 Å². The average molecular weight is 894 g/mol. The van der Waals surface area contributed by atoms with Crippen molar-refractivity contribution in [1.29, 1.82) is 0 Å². The van der Waals surface area contributed by atoms with Gasteiger partial charge in [-0.15, -0.1) is 11.8 Å². The number of sulfonamides is 1. The maximum Gasteiger partial charge on any atom is 0.418 e. The Hall–Kier alpha value is -5.06.